The number of hydrogen-bond donors (Lipinski definition) is 1. The number of hydrogen-bond acceptors (Lipinski definition) is 4. The van der Waals surface area contributed by atoms with Gasteiger partial charge in [-0.1, -0.05) is 17.8 Å². The topological polar surface area (TPSA) is 71.0 Å². The maximum Gasteiger partial charge on any atom is 0.344 e. The predicted molar refractivity (Wildman–Crippen MR) is 88.3 cm³/mol. The Morgan fingerprint density at radius 1 is 1.35 bits per heavy atom. The van der Waals surface area contributed by atoms with Gasteiger partial charge in [0, 0.05) is 17.8 Å². The Balaban J connectivity index is 1.44. The molecule has 0 spiro atoms. The van der Waals surface area contributed by atoms with Crippen LogP contribution in [-0.4, -0.2) is 37.4 Å². The number of amides is 1. The fourth-order valence-corrected chi connectivity index (χ4v) is 4.09. The number of H-pyrrole nitrogens is 1. The summed E-state index contributed by atoms with van der Waals surface area (Å²) < 4.78 is 1.71. The Kier molecular flexibility index (Phi) is 4.05. The van der Waals surface area contributed by atoms with E-state index in [1.54, 1.807) is 4.57 Å². The monoisotopic (exact) mass is 334 g/mol. The molecule has 1 heterocycles. The zero-order valence-electron chi connectivity index (χ0n) is 13.2. The molecule has 2 saturated carbocycles. The van der Waals surface area contributed by atoms with Crippen LogP contribution in [0.4, 0.5) is 0 Å². The number of allylic oxidation sites excluding steroid dienone is 2. The van der Waals surface area contributed by atoms with Gasteiger partial charge in [-0.2, -0.15) is 0 Å². The third-order valence-corrected chi connectivity index (χ3v) is 5.60. The van der Waals surface area contributed by atoms with E-state index < -0.39 is 0 Å². The van der Waals surface area contributed by atoms with Crippen LogP contribution in [0.3, 0.4) is 0 Å². The van der Waals surface area contributed by atoms with Gasteiger partial charge in [-0.15, -0.1) is 5.10 Å². The SMILES string of the molecule is O=C(CSc1n[nH]c(=O)n1C1CC1)N(C1=CCCCC1)C1CC1. The summed E-state index contributed by atoms with van der Waals surface area (Å²) in [5.74, 6) is 0.508. The largest absolute Gasteiger partial charge is 0.344 e. The summed E-state index contributed by atoms with van der Waals surface area (Å²) in [6, 6.07) is 0.677. The van der Waals surface area contributed by atoms with Crippen molar-refractivity contribution in [2.45, 2.75) is 68.6 Å². The number of aromatic nitrogens is 3. The molecule has 0 bridgehead atoms. The molecule has 1 aromatic heterocycles. The molecule has 6 nitrogen and oxygen atoms in total. The lowest BCUT2D eigenvalue weighted by Crippen LogP contribution is -2.34. The van der Waals surface area contributed by atoms with E-state index >= 15 is 0 Å². The molecular formula is C16H22N4O2S. The van der Waals surface area contributed by atoms with Crippen LogP contribution in [0.25, 0.3) is 0 Å². The molecule has 2 fully saturated rings. The highest BCUT2D eigenvalue weighted by molar-refractivity contribution is 7.99. The average molecular weight is 334 g/mol. The van der Waals surface area contributed by atoms with Crippen LogP contribution in [-0.2, 0) is 4.79 Å². The average Bonchev–Trinajstić information content (AvgIpc) is 3.47. The first kappa shape index (κ1) is 15.1. The van der Waals surface area contributed by atoms with E-state index in [1.807, 2.05) is 4.90 Å². The summed E-state index contributed by atoms with van der Waals surface area (Å²) in [5.41, 5.74) is 1.06. The van der Waals surface area contributed by atoms with Gasteiger partial charge in [-0.05, 0) is 51.4 Å². The maximum absolute atomic E-state index is 12.7. The van der Waals surface area contributed by atoms with Crippen LogP contribution < -0.4 is 5.69 Å². The van der Waals surface area contributed by atoms with Crippen LogP contribution in [0.2, 0.25) is 0 Å². The predicted octanol–water partition coefficient (Wildman–Crippen LogP) is 2.45. The van der Waals surface area contributed by atoms with Gasteiger partial charge in [0.25, 0.3) is 0 Å². The van der Waals surface area contributed by atoms with E-state index in [9.17, 15) is 9.59 Å². The van der Waals surface area contributed by atoms with Crippen molar-refractivity contribution in [3.63, 3.8) is 0 Å². The summed E-state index contributed by atoms with van der Waals surface area (Å²) in [5, 5.41) is 7.25. The molecule has 1 aromatic rings. The Labute approximate surface area is 139 Å². The number of nitrogens with zero attached hydrogens (tertiary/aromatic N) is 3. The zero-order chi connectivity index (χ0) is 15.8. The Morgan fingerprint density at radius 3 is 2.83 bits per heavy atom. The number of thioether (sulfide) groups is 1. The molecular weight excluding hydrogens is 312 g/mol. The normalized spacial score (nSPS) is 21.1. The van der Waals surface area contributed by atoms with Crippen molar-refractivity contribution in [3.8, 4) is 0 Å². The van der Waals surface area contributed by atoms with Crippen molar-refractivity contribution in [2.24, 2.45) is 0 Å². The lowest BCUT2D eigenvalue weighted by molar-refractivity contribution is -0.127. The van der Waals surface area contributed by atoms with Crippen molar-refractivity contribution in [3.05, 3.63) is 22.3 Å². The second kappa shape index (κ2) is 6.19. The van der Waals surface area contributed by atoms with Gasteiger partial charge in [-0.3, -0.25) is 9.36 Å². The van der Waals surface area contributed by atoms with E-state index in [2.05, 4.69) is 16.3 Å². The summed E-state index contributed by atoms with van der Waals surface area (Å²) >= 11 is 1.38. The Hall–Kier alpha value is -1.50. The molecule has 4 rings (SSSR count). The maximum atomic E-state index is 12.7. The zero-order valence-corrected chi connectivity index (χ0v) is 14.0. The van der Waals surface area contributed by atoms with Gasteiger partial charge in [0.2, 0.25) is 5.91 Å². The molecule has 0 aliphatic heterocycles. The fourth-order valence-electron chi connectivity index (χ4n) is 3.21. The number of rotatable bonds is 6. The van der Waals surface area contributed by atoms with Crippen molar-refractivity contribution in [2.75, 3.05) is 5.75 Å². The minimum atomic E-state index is -0.156. The van der Waals surface area contributed by atoms with Crippen LogP contribution in [0, 0.1) is 0 Å². The van der Waals surface area contributed by atoms with Crippen LogP contribution in [0.15, 0.2) is 21.7 Å². The molecule has 124 valence electrons. The first-order chi connectivity index (χ1) is 11.2. The lowest BCUT2D eigenvalue weighted by atomic mass is 10.0. The number of nitrogens with one attached hydrogen (secondary N) is 1. The van der Waals surface area contributed by atoms with Gasteiger partial charge in [0.15, 0.2) is 5.16 Å². The molecule has 1 amide bonds. The standard InChI is InChI=1S/C16H22N4O2S/c21-14(19(12-6-7-12)11-4-2-1-3-5-11)10-23-16-18-17-15(22)20(16)13-8-9-13/h4,12-13H,1-3,5-10H2,(H,17,22). The summed E-state index contributed by atoms with van der Waals surface area (Å²) in [4.78, 5) is 26.6. The summed E-state index contributed by atoms with van der Waals surface area (Å²) in [7, 11) is 0. The molecule has 1 N–H and O–H groups in total. The Bertz CT molecular complexity index is 684. The third-order valence-electron chi connectivity index (χ3n) is 4.67. The smallest absolute Gasteiger partial charge is 0.313 e. The molecule has 3 aliphatic rings. The van der Waals surface area contributed by atoms with Gasteiger partial charge >= 0.3 is 5.69 Å². The van der Waals surface area contributed by atoms with Crippen molar-refractivity contribution >= 4 is 17.7 Å². The summed E-state index contributed by atoms with van der Waals surface area (Å²) in [6.07, 6.45) is 11.0. The second-order valence-electron chi connectivity index (χ2n) is 6.64. The highest BCUT2D eigenvalue weighted by atomic mass is 32.2. The lowest BCUT2D eigenvalue weighted by Gasteiger charge is -2.27. The van der Waals surface area contributed by atoms with E-state index in [4.69, 9.17) is 0 Å². The number of aromatic amines is 1. The highest BCUT2D eigenvalue weighted by Crippen LogP contribution is 2.37. The van der Waals surface area contributed by atoms with Gasteiger partial charge in [-0.25, -0.2) is 9.89 Å². The molecule has 0 unspecified atom stereocenters. The first-order valence-corrected chi connectivity index (χ1v) is 9.53. The molecule has 0 atom stereocenters. The molecule has 7 heteroatoms. The van der Waals surface area contributed by atoms with Crippen molar-refractivity contribution in [1.29, 1.82) is 0 Å². The highest BCUT2D eigenvalue weighted by Gasteiger charge is 2.35. The van der Waals surface area contributed by atoms with Crippen molar-refractivity contribution in [1.82, 2.24) is 19.7 Å². The minimum Gasteiger partial charge on any atom is -0.313 e. The molecule has 23 heavy (non-hydrogen) atoms. The van der Waals surface area contributed by atoms with E-state index in [0.29, 0.717) is 17.0 Å². The molecule has 0 radical (unpaired) electrons. The van der Waals surface area contributed by atoms with Gasteiger partial charge in [0.1, 0.15) is 0 Å². The molecule has 3 aliphatic carbocycles. The second-order valence-corrected chi connectivity index (χ2v) is 7.58. The van der Waals surface area contributed by atoms with Crippen LogP contribution >= 0.6 is 11.8 Å². The van der Waals surface area contributed by atoms with Gasteiger partial charge < -0.3 is 4.90 Å². The molecule has 0 aromatic carbocycles. The van der Waals surface area contributed by atoms with E-state index in [1.165, 1.54) is 30.3 Å². The summed E-state index contributed by atoms with van der Waals surface area (Å²) in [6.45, 7) is 0. The van der Waals surface area contributed by atoms with E-state index in [-0.39, 0.29) is 17.6 Å². The quantitative estimate of drug-likeness (QED) is 0.811. The molecule has 0 saturated heterocycles. The minimum absolute atomic E-state index is 0.156. The fraction of sp³-hybridized carbons (Fsp3) is 0.688. The number of carbonyl (C=O) groups is 1. The van der Waals surface area contributed by atoms with Gasteiger partial charge in [0.05, 0.1) is 5.75 Å². The third kappa shape index (κ3) is 3.24. The van der Waals surface area contributed by atoms with Crippen molar-refractivity contribution < 1.29 is 4.79 Å². The van der Waals surface area contributed by atoms with E-state index in [0.717, 1.165) is 38.5 Å². The Morgan fingerprint density at radius 2 is 2.17 bits per heavy atom. The number of carbonyl (C=O) groups excluding carboxylic acids is 1. The van der Waals surface area contributed by atoms with Crippen LogP contribution in [0.5, 0.6) is 0 Å². The first-order valence-electron chi connectivity index (χ1n) is 8.55. The van der Waals surface area contributed by atoms with Crippen LogP contribution in [0.1, 0.15) is 57.4 Å².